The molecule has 4 rings (SSSR count). The molecule has 3 heterocycles. The highest BCUT2D eigenvalue weighted by molar-refractivity contribution is 6.46. The minimum absolute atomic E-state index is 0.0431. The molecule has 1 N–H and O–H groups in total. The summed E-state index contributed by atoms with van der Waals surface area (Å²) in [5.74, 6) is -1.04. The average Bonchev–Trinajstić information content (AvgIpc) is 3.09. The number of aliphatic hydroxyl groups excluding tert-OH is 1. The molecule has 1 aliphatic rings. The molecule has 2 aromatic heterocycles. The van der Waals surface area contributed by atoms with Crippen molar-refractivity contribution >= 4 is 17.4 Å². The van der Waals surface area contributed by atoms with Crippen molar-refractivity contribution < 1.29 is 24.2 Å². The Morgan fingerprint density at radius 2 is 1.78 bits per heavy atom. The van der Waals surface area contributed by atoms with Gasteiger partial charge in [-0.25, -0.2) is 0 Å². The van der Waals surface area contributed by atoms with Crippen LogP contribution >= 0.6 is 0 Å². The van der Waals surface area contributed by atoms with Crippen LogP contribution < -0.4 is 9.47 Å². The molecule has 1 atom stereocenters. The highest BCUT2D eigenvalue weighted by atomic mass is 16.5. The summed E-state index contributed by atoms with van der Waals surface area (Å²) in [7, 11) is 2.95. The first-order valence-corrected chi connectivity index (χ1v) is 9.84. The van der Waals surface area contributed by atoms with Gasteiger partial charge in [0.2, 0.25) is 0 Å². The number of Topliss-reactive ketones (excluding diaryl/α,β-unsaturated/α-hetero) is 1. The molecule has 8 nitrogen and oxygen atoms in total. The zero-order chi connectivity index (χ0) is 22.7. The Kier molecular flexibility index (Phi) is 5.85. The van der Waals surface area contributed by atoms with Crippen molar-refractivity contribution in [2.75, 3.05) is 14.2 Å². The molecule has 1 saturated heterocycles. The molecule has 1 aliphatic heterocycles. The third-order valence-electron chi connectivity index (χ3n) is 5.28. The first kappa shape index (κ1) is 21.0. The number of amides is 1. The van der Waals surface area contributed by atoms with Gasteiger partial charge in [0.15, 0.2) is 0 Å². The van der Waals surface area contributed by atoms with E-state index in [1.165, 1.54) is 19.1 Å². The van der Waals surface area contributed by atoms with Crippen molar-refractivity contribution in [3.8, 4) is 11.5 Å². The van der Waals surface area contributed by atoms with Crippen molar-refractivity contribution in [2.45, 2.75) is 12.6 Å². The summed E-state index contributed by atoms with van der Waals surface area (Å²) in [6, 6.07) is 11.1. The van der Waals surface area contributed by atoms with E-state index in [9.17, 15) is 14.7 Å². The molecule has 1 fully saturated rings. The fourth-order valence-electron chi connectivity index (χ4n) is 3.76. The molecule has 8 heteroatoms. The summed E-state index contributed by atoms with van der Waals surface area (Å²) in [5.41, 5.74) is 1.56. The second-order valence-corrected chi connectivity index (χ2v) is 7.14. The highest BCUT2D eigenvalue weighted by Crippen LogP contribution is 2.42. The number of ketones is 1. The SMILES string of the molecule is COc1ccc(OC)c(/C(O)=C2\C(=O)C(=O)N(Cc3cccnc3)C2c2cccnc2)c1. The van der Waals surface area contributed by atoms with Crippen molar-refractivity contribution in [1.29, 1.82) is 0 Å². The van der Waals surface area contributed by atoms with Crippen LogP contribution in [0, 0.1) is 0 Å². The smallest absolute Gasteiger partial charge is 0.295 e. The van der Waals surface area contributed by atoms with Gasteiger partial charge in [-0.15, -0.1) is 0 Å². The molecular weight excluding hydrogens is 410 g/mol. The van der Waals surface area contributed by atoms with Crippen molar-refractivity contribution in [3.63, 3.8) is 0 Å². The van der Waals surface area contributed by atoms with Crippen molar-refractivity contribution in [1.82, 2.24) is 14.9 Å². The number of methoxy groups -OCH3 is 2. The lowest BCUT2D eigenvalue weighted by atomic mass is 9.95. The van der Waals surface area contributed by atoms with E-state index in [0.29, 0.717) is 17.1 Å². The number of pyridine rings is 2. The fourth-order valence-corrected chi connectivity index (χ4v) is 3.76. The number of carbonyl (C=O) groups is 2. The van der Waals surface area contributed by atoms with Gasteiger partial charge in [-0.1, -0.05) is 12.1 Å². The number of ether oxygens (including phenoxy) is 2. The Morgan fingerprint density at radius 1 is 1.03 bits per heavy atom. The fraction of sp³-hybridized carbons (Fsp3) is 0.167. The van der Waals surface area contributed by atoms with E-state index >= 15 is 0 Å². The van der Waals surface area contributed by atoms with E-state index in [2.05, 4.69) is 9.97 Å². The minimum Gasteiger partial charge on any atom is -0.507 e. The molecule has 162 valence electrons. The second-order valence-electron chi connectivity index (χ2n) is 7.14. The van der Waals surface area contributed by atoms with Crippen LogP contribution in [0.1, 0.15) is 22.7 Å². The van der Waals surface area contributed by atoms with Crippen LogP contribution in [-0.4, -0.2) is 45.9 Å². The monoisotopic (exact) mass is 431 g/mol. The zero-order valence-corrected chi connectivity index (χ0v) is 17.6. The highest BCUT2D eigenvalue weighted by Gasteiger charge is 2.46. The van der Waals surface area contributed by atoms with Gasteiger partial charge in [0, 0.05) is 31.3 Å². The van der Waals surface area contributed by atoms with Crippen LogP contribution in [0.4, 0.5) is 0 Å². The number of likely N-dealkylation sites (tertiary alicyclic amines) is 1. The Labute approximate surface area is 184 Å². The third-order valence-corrected chi connectivity index (χ3v) is 5.28. The average molecular weight is 431 g/mol. The lowest BCUT2D eigenvalue weighted by molar-refractivity contribution is -0.140. The van der Waals surface area contributed by atoms with Gasteiger partial charge in [0.25, 0.3) is 11.7 Å². The maximum absolute atomic E-state index is 13.1. The first-order valence-electron chi connectivity index (χ1n) is 9.84. The maximum atomic E-state index is 13.1. The molecule has 0 saturated carbocycles. The van der Waals surface area contributed by atoms with E-state index in [1.807, 2.05) is 6.07 Å². The Bertz CT molecular complexity index is 1180. The van der Waals surface area contributed by atoms with E-state index in [0.717, 1.165) is 5.56 Å². The van der Waals surface area contributed by atoms with E-state index < -0.39 is 17.7 Å². The van der Waals surface area contributed by atoms with Gasteiger partial charge < -0.3 is 19.5 Å². The van der Waals surface area contributed by atoms with Crippen molar-refractivity contribution in [2.24, 2.45) is 0 Å². The molecule has 0 bridgehead atoms. The predicted octanol–water partition coefficient (Wildman–Crippen LogP) is 3.12. The summed E-state index contributed by atoms with van der Waals surface area (Å²) >= 11 is 0. The number of carbonyl (C=O) groups excluding carboxylic acids is 2. The van der Waals surface area contributed by atoms with Crippen LogP contribution in [0.5, 0.6) is 11.5 Å². The lowest BCUT2D eigenvalue weighted by Gasteiger charge is -2.25. The number of aromatic nitrogens is 2. The summed E-state index contributed by atoms with van der Waals surface area (Å²) in [6.07, 6.45) is 6.43. The molecule has 0 aliphatic carbocycles. The molecule has 1 amide bonds. The van der Waals surface area contributed by atoms with E-state index in [1.54, 1.807) is 61.2 Å². The predicted molar refractivity (Wildman–Crippen MR) is 116 cm³/mol. The Morgan fingerprint density at radius 3 is 2.41 bits per heavy atom. The number of hydrogen-bond donors (Lipinski definition) is 1. The Balaban J connectivity index is 1.90. The lowest BCUT2D eigenvalue weighted by Crippen LogP contribution is -2.29. The quantitative estimate of drug-likeness (QED) is 0.363. The largest absolute Gasteiger partial charge is 0.507 e. The van der Waals surface area contributed by atoms with Gasteiger partial charge in [-0.05, 0) is 41.5 Å². The van der Waals surface area contributed by atoms with E-state index in [4.69, 9.17) is 9.47 Å². The summed E-state index contributed by atoms with van der Waals surface area (Å²) in [5, 5.41) is 11.3. The van der Waals surface area contributed by atoms with Crippen molar-refractivity contribution in [3.05, 3.63) is 89.5 Å². The Hall–Kier alpha value is -4.20. The number of nitrogens with zero attached hydrogens (tertiary/aromatic N) is 3. The molecule has 0 spiro atoms. The summed E-state index contributed by atoms with van der Waals surface area (Å²) in [4.78, 5) is 35.8. The topological polar surface area (TPSA) is 102 Å². The molecule has 3 aromatic rings. The summed E-state index contributed by atoms with van der Waals surface area (Å²) in [6.45, 7) is 0.143. The van der Waals surface area contributed by atoms with Gasteiger partial charge in [0.1, 0.15) is 17.3 Å². The zero-order valence-electron chi connectivity index (χ0n) is 17.6. The molecule has 1 aromatic carbocycles. The van der Waals surface area contributed by atoms with Gasteiger partial charge >= 0.3 is 0 Å². The normalized spacial score (nSPS) is 17.4. The van der Waals surface area contributed by atoms with Gasteiger partial charge in [0.05, 0.1) is 31.4 Å². The molecule has 0 radical (unpaired) electrons. The number of hydrogen-bond acceptors (Lipinski definition) is 7. The number of benzene rings is 1. The van der Waals surface area contributed by atoms with Gasteiger partial charge in [-0.3, -0.25) is 19.6 Å². The molecular formula is C24H21N3O5. The summed E-state index contributed by atoms with van der Waals surface area (Å²) < 4.78 is 10.6. The van der Waals surface area contributed by atoms with Crippen LogP contribution in [0.15, 0.2) is 72.8 Å². The van der Waals surface area contributed by atoms with Gasteiger partial charge in [-0.2, -0.15) is 0 Å². The van der Waals surface area contributed by atoms with Crippen LogP contribution in [0.25, 0.3) is 5.76 Å². The van der Waals surface area contributed by atoms with E-state index in [-0.39, 0.29) is 23.4 Å². The number of aliphatic hydroxyl groups is 1. The van der Waals surface area contributed by atoms with Crippen LogP contribution in [-0.2, 0) is 16.1 Å². The molecule has 32 heavy (non-hydrogen) atoms. The third kappa shape index (κ3) is 3.78. The standard InChI is InChI=1S/C24H21N3O5/c1-31-17-7-8-19(32-2)18(11-17)22(28)20-21(16-6-4-10-26-13-16)27(24(30)23(20)29)14-15-5-3-9-25-12-15/h3-13,21,28H,14H2,1-2H3/b22-20+. The minimum atomic E-state index is -0.834. The van der Waals surface area contributed by atoms with Crippen LogP contribution in [0.3, 0.4) is 0 Å². The first-order chi connectivity index (χ1) is 15.5. The maximum Gasteiger partial charge on any atom is 0.295 e. The van der Waals surface area contributed by atoms with Crippen LogP contribution in [0.2, 0.25) is 0 Å². The number of rotatable bonds is 6. The molecule has 1 unspecified atom stereocenters. The second kappa shape index (κ2) is 8.89.